The van der Waals surface area contributed by atoms with Crippen molar-refractivity contribution in [3.05, 3.63) is 46.0 Å². The summed E-state index contributed by atoms with van der Waals surface area (Å²) in [6.07, 6.45) is 7.87. The van der Waals surface area contributed by atoms with Gasteiger partial charge < -0.3 is 19.4 Å². The van der Waals surface area contributed by atoms with Gasteiger partial charge in [-0.1, -0.05) is 26.8 Å². The molecule has 4 aliphatic rings. The molecule has 1 heterocycles. The molecule has 1 aromatic heterocycles. The molecule has 0 radical (unpaired) electrons. The van der Waals surface area contributed by atoms with Crippen LogP contribution in [0.4, 0.5) is 0 Å². The summed E-state index contributed by atoms with van der Waals surface area (Å²) < 4.78 is 11.1. The number of aliphatic hydroxyl groups is 2. The molecule has 8 atom stereocenters. The number of hydrogen-bond acceptors (Lipinski definition) is 6. The predicted molar refractivity (Wildman–Crippen MR) is 122 cm³/mol. The smallest absolute Gasteiger partial charge is 0.335 e. The number of hydrogen-bond donors (Lipinski definition) is 2. The second-order valence-corrected chi connectivity index (χ2v) is 11.7. The third-order valence-electron chi connectivity index (χ3n) is 10.3. The highest BCUT2D eigenvalue weighted by molar-refractivity contribution is 5.66. The summed E-state index contributed by atoms with van der Waals surface area (Å²) in [6.45, 7) is 8.07. The maximum absolute atomic E-state index is 12.6. The summed E-state index contributed by atoms with van der Waals surface area (Å²) in [5.74, 6) is -0.0182. The van der Waals surface area contributed by atoms with Crippen molar-refractivity contribution in [3.8, 4) is 0 Å². The first kappa shape index (κ1) is 22.9. The van der Waals surface area contributed by atoms with E-state index < -0.39 is 23.2 Å². The average molecular weight is 457 g/mol. The SMILES string of the molecule is CC(=O)O[C@@H]1C[C@]2(C)[C@H](CC[C@]3(C)[C@@H](c4ccc(=O)oc4)CC[C@@]32O)[C@@]2(C)CC[C@H](O)C=C12. The zero-order chi connectivity index (χ0) is 23.8. The van der Waals surface area contributed by atoms with Crippen molar-refractivity contribution in [1.29, 1.82) is 0 Å². The molecule has 6 heteroatoms. The van der Waals surface area contributed by atoms with E-state index in [1.165, 1.54) is 13.0 Å². The van der Waals surface area contributed by atoms with Crippen LogP contribution < -0.4 is 5.63 Å². The quantitative estimate of drug-likeness (QED) is 0.514. The monoisotopic (exact) mass is 456 g/mol. The molecule has 0 unspecified atom stereocenters. The van der Waals surface area contributed by atoms with Crippen molar-refractivity contribution < 1.29 is 24.2 Å². The largest absolute Gasteiger partial charge is 0.458 e. The van der Waals surface area contributed by atoms with Crippen LogP contribution >= 0.6 is 0 Å². The summed E-state index contributed by atoms with van der Waals surface area (Å²) in [5, 5.41) is 23.0. The minimum Gasteiger partial charge on any atom is -0.458 e. The number of aliphatic hydroxyl groups excluding tert-OH is 1. The van der Waals surface area contributed by atoms with Gasteiger partial charge >= 0.3 is 11.6 Å². The van der Waals surface area contributed by atoms with E-state index in [-0.39, 0.29) is 34.3 Å². The number of rotatable bonds is 2. The van der Waals surface area contributed by atoms with E-state index >= 15 is 0 Å². The fraction of sp³-hybridized carbons (Fsp3) is 0.704. The minimum absolute atomic E-state index is 0.0923. The van der Waals surface area contributed by atoms with Crippen LogP contribution in [-0.2, 0) is 9.53 Å². The van der Waals surface area contributed by atoms with Crippen LogP contribution in [0.5, 0.6) is 0 Å². The first-order chi connectivity index (χ1) is 15.4. The zero-order valence-corrected chi connectivity index (χ0v) is 20.1. The van der Waals surface area contributed by atoms with Gasteiger partial charge in [-0.3, -0.25) is 4.79 Å². The van der Waals surface area contributed by atoms with E-state index in [1.807, 2.05) is 12.1 Å². The van der Waals surface area contributed by atoms with Crippen LogP contribution in [0.25, 0.3) is 0 Å². The number of carbonyl (C=O) groups is 1. The molecule has 3 fully saturated rings. The lowest BCUT2D eigenvalue weighted by molar-refractivity contribution is -0.242. The first-order valence-corrected chi connectivity index (χ1v) is 12.3. The number of carbonyl (C=O) groups excluding carboxylic acids is 1. The van der Waals surface area contributed by atoms with Crippen LogP contribution in [0, 0.1) is 22.2 Å². The van der Waals surface area contributed by atoms with Gasteiger partial charge in [0.1, 0.15) is 6.10 Å². The zero-order valence-electron chi connectivity index (χ0n) is 20.1. The molecule has 4 aliphatic carbocycles. The van der Waals surface area contributed by atoms with E-state index in [0.717, 1.165) is 36.8 Å². The van der Waals surface area contributed by atoms with Crippen molar-refractivity contribution in [2.24, 2.45) is 22.2 Å². The molecule has 33 heavy (non-hydrogen) atoms. The highest BCUT2D eigenvalue weighted by Crippen LogP contribution is 2.74. The third kappa shape index (κ3) is 2.99. The molecule has 2 N–H and O–H groups in total. The topological polar surface area (TPSA) is 97.0 Å². The average Bonchev–Trinajstić information content (AvgIpc) is 3.02. The molecule has 0 saturated heterocycles. The van der Waals surface area contributed by atoms with E-state index in [1.54, 1.807) is 6.26 Å². The van der Waals surface area contributed by atoms with Crippen molar-refractivity contribution >= 4 is 5.97 Å². The highest BCUT2D eigenvalue weighted by Gasteiger charge is 2.73. The Morgan fingerprint density at radius 3 is 2.52 bits per heavy atom. The molecule has 180 valence electrons. The first-order valence-electron chi connectivity index (χ1n) is 12.3. The van der Waals surface area contributed by atoms with Gasteiger partial charge in [-0.25, -0.2) is 4.79 Å². The molecule has 3 saturated carbocycles. The molecule has 5 rings (SSSR count). The Bertz CT molecular complexity index is 1040. The highest BCUT2D eigenvalue weighted by atomic mass is 16.5. The van der Waals surface area contributed by atoms with Gasteiger partial charge in [0.15, 0.2) is 0 Å². The van der Waals surface area contributed by atoms with Crippen LogP contribution in [0.1, 0.15) is 84.1 Å². The summed E-state index contributed by atoms with van der Waals surface area (Å²) in [6, 6.07) is 3.31. The second kappa shape index (κ2) is 7.29. The van der Waals surface area contributed by atoms with Crippen molar-refractivity contribution in [2.45, 2.75) is 96.4 Å². The van der Waals surface area contributed by atoms with Gasteiger partial charge in [-0.2, -0.15) is 0 Å². The lowest BCUT2D eigenvalue weighted by Gasteiger charge is -2.68. The molecule has 0 bridgehead atoms. The van der Waals surface area contributed by atoms with Gasteiger partial charge in [0.05, 0.1) is 18.0 Å². The van der Waals surface area contributed by atoms with Gasteiger partial charge in [0, 0.05) is 23.8 Å². The van der Waals surface area contributed by atoms with E-state index in [4.69, 9.17) is 9.15 Å². The Kier molecular flexibility index (Phi) is 5.05. The molecule has 0 aliphatic heterocycles. The molecular formula is C27H36O6. The summed E-state index contributed by atoms with van der Waals surface area (Å²) in [4.78, 5) is 23.6. The molecule has 0 amide bonds. The van der Waals surface area contributed by atoms with Gasteiger partial charge in [0.25, 0.3) is 0 Å². The number of fused-ring (bicyclic) bond motifs is 5. The van der Waals surface area contributed by atoms with Crippen LogP contribution in [-0.4, -0.2) is 34.0 Å². The van der Waals surface area contributed by atoms with Gasteiger partial charge in [-0.05, 0) is 79.4 Å². The Morgan fingerprint density at radius 2 is 1.85 bits per heavy atom. The van der Waals surface area contributed by atoms with Crippen molar-refractivity contribution in [2.75, 3.05) is 0 Å². The maximum Gasteiger partial charge on any atom is 0.335 e. The van der Waals surface area contributed by atoms with Crippen LogP contribution in [0.15, 0.2) is 39.3 Å². The number of ether oxygens (including phenoxy) is 1. The fourth-order valence-corrected chi connectivity index (χ4v) is 8.77. The summed E-state index contributed by atoms with van der Waals surface area (Å²) in [5.41, 5.74) is -0.395. The second-order valence-electron chi connectivity index (χ2n) is 11.7. The molecule has 1 aromatic rings. The van der Waals surface area contributed by atoms with Crippen LogP contribution in [0.2, 0.25) is 0 Å². The minimum atomic E-state index is -0.952. The molecular weight excluding hydrogens is 420 g/mol. The fourth-order valence-electron chi connectivity index (χ4n) is 8.77. The third-order valence-corrected chi connectivity index (χ3v) is 10.3. The molecule has 0 spiro atoms. The Labute approximate surface area is 195 Å². The summed E-state index contributed by atoms with van der Waals surface area (Å²) >= 11 is 0. The van der Waals surface area contributed by atoms with E-state index in [9.17, 15) is 19.8 Å². The standard InChI is InChI=1S/C27H36O6/c1-16(28)33-21-14-26(4)22(24(2)10-7-18(29)13-20(21)24)9-11-25(3)19(8-12-27(25,26)31)17-5-6-23(30)32-15-17/h5-6,13,15,18-19,21-22,29,31H,7-12,14H2,1-4H3/t18-,19+,21+,22+,24-,25+,26+,27+/m0/s1. The normalized spacial score (nSPS) is 46.5. The molecule has 0 aromatic carbocycles. The molecule has 6 nitrogen and oxygen atoms in total. The lowest BCUT2D eigenvalue weighted by atomic mass is 9.39. The van der Waals surface area contributed by atoms with E-state index in [2.05, 4.69) is 20.8 Å². The van der Waals surface area contributed by atoms with Gasteiger partial charge in [0.2, 0.25) is 0 Å². The lowest BCUT2D eigenvalue weighted by Crippen LogP contribution is -2.68. The summed E-state index contributed by atoms with van der Waals surface area (Å²) in [7, 11) is 0. The van der Waals surface area contributed by atoms with Gasteiger partial charge in [-0.15, -0.1) is 0 Å². The van der Waals surface area contributed by atoms with Crippen LogP contribution in [0.3, 0.4) is 0 Å². The predicted octanol–water partition coefficient (Wildman–Crippen LogP) is 4.09. The Hall–Kier alpha value is -1.92. The van der Waals surface area contributed by atoms with Crippen molar-refractivity contribution in [3.63, 3.8) is 0 Å². The Morgan fingerprint density at radius 1 is 1.09 bits per heavy atom. The van der Waals surface area contributed by atoms with Crippen molar-refractivity contribution in [1.82, 2.24) is 0 Å². The maximum atomic E-state index is 12.6. The Balaban J connectivity index is 1.60. The van der Waals surface area contributed by atoms with E-state index in [0.29, 0.717) is 19.3 Å². The number of esters is 1.